The van der Waals surface area contributed by atoms with Gasteiger partial charge in [-0.15, -0.1) is 0 Å². The van der Waals surface area contributed by atoms with Crippen molar-refractivity contribution in [2.75, 3.05) is 25.2 Å². The van der Waals surface area contributed by atoms with Crippen molar-refractivity contribution in [2.24, 2.45) is 5.92 Å². The molecule has 2 aliphatic rings. The summed E-state index contributed by atoms with van der Waals surface area (Å²) >= 11 is 0. The fourth-order valence-corrected chi connectivity index (χ4v) is 3.53. The molecule has 6 heteroatoms. The van der Waals surface area contributed by atoms with Crippen molar-refractivity contribution < 1.29 is 19.1 Å². The Kier molecular flexibility index (Phi) is 4.71. The van der Waals surface area contributed by atoms with Crippen molar-refractivity contribution in [1.82, 2.24) is 4.90 Å². The van der Waals surface area contributed by atoms with Crippen LogP contribution in [0.15, 0.2) is 42.5 Å². The molecule has 2 aliphatic heterocycles. The van der Waals surface area contributed by atoms with Crippen molar-refractivity contribution in [3.8, 4) is 11.5 Å². The Balaban J connectivity index is 1.48. The van der Waals surface area contributed by atoms with E-state index in [1.54, 1.807) is 42.5 Å². The minimum absolute atomic E-state index is 0.0146. The van der Waals surface area contributed by atoms with Gasteiger partial charge in [0.2, 0.25) is 6.79 Å². The third-order valence-electron chi connectivity index (χ3n) is 4.95. The number of nitrogens with zero attached hydrogens (tertiary/aromatic N) is 1. The lowest BCUT2D eigenvalue weighted by Crippen LogP contribution is -2.39. The molecule has 1 saturated heterocycles. The molecule has 0 bridgehead atoms. The van der Waals surface area contributed by atoms with Gasteiger partial charge in [0.25, 0.3) is 11.8 Å². The van der Waals surface area contributed by atoms with Crippen LogP contribution in [-0.2, 0) is 0 Å². The lowest BCUT2D eigenvalue weighted by Gasteiger charge is -2.31. The van der Waals surface area contributed by atoms with Crippen LogP contribution in [0.3, 0.4) is 0 Å². The lowest BCUT2D eigenvalue weighted by atomic mass is 9.99. The third kappa shape index (κ3) is 3.74. The van der Waals surface area contributed by atoms with Crippen molar-refractivity contribution in [3.63, 3.8) is 0 Å². The van der Waals surface area contributed by atoms with Gasteiger partial charge in [-0.1, -0.05) is 13.0 Å². The predicted molar refractivity (Wildman–Crippen MR) is 101 cm³/mol. The van der Waals surface area contributed by atoms with Gasteiger partial charge in [0.1, 0.15) is 0 Å². The van der Waals surface area contributed by atoms with Gasteiger partial charge < -0.3 is 19.7 Å². The number of hydrogen-bond acceptors (Lipinski definition) is 4. The molecule has 6 nitrogen and oxygen atoms in total. The maximum atomic E-state index is 12.8. The van der Waals surface area contributed by atoms with Gasteiger partial charge in [0, 0.05) is 36.0 Å². The number of carbonyl (C=O) groups is 2. The molecule has 0 spiro atoms. The molecule has 4 rings (SSSR count). The topological polar surface area (TPSA) is 67.9 Å². The van der Waals surface area contributed by atoms with Crippen LogP contribution in [0.5, 0.6) is 11.5 Å². The number of piperidine rings is 1. The van der Waals surface area contributed by atoms with Gasteiger partial charge in [0.05, 0.1) is 0 Å². The Bertz CT molecular complexity index is 880. The van der Waals surface area contributed by atoms with Gasteiger partial charge in [-0.25, -0.2) is 0 Å². The summed E-state index contributed by atoms with van der Waals surface area (Å²) in [6.07, 6.45) is 2.18. The quantitative estimate of drug-likeness (QED) is 0.902. The van der Waals surface area contributed by atoms with Crippen LogP contribution < -0.4 is 14.8 Å². The number of benzene rings is 2. The van der Waals surface area contributed by atoms with Crippen LogP contribution in [-0.4, -0.2) is 36.6 Å². The Morgan fingerprint density at radius 1 is 1.07 bits per heavy atom. The number of fused-ring (bicyclic) bond motifs is 1. The highest BCUT2D eigenvalue weighted by Gasteiger charge is 2.22. The van der Waals surface area contributed by atoms with Crippen LogP contribution in [0.1, 0.15) is 40.5 Å². The Hall–Kier alpha value is -3.02. The summed E-state index contributed by atoms with van der Waals surface area (Å²) in [6.45, 7) is 3.89. The van der Waals surface area contributed by atoms with Crippen molar-refractivity contribution in [2.45, 2.75) is 19.8 Å². The molecule has 0 saturated carbocycles. The number of amides is 2. The maximum absolute atomic E-state index is 12.8. The Morgan fingerprint density at radius 2 is 1.89 bits per heavy atom. The van der Waals surface area contributed by atoms with E-state index in [0.717, 1.165) is 25.9 Å². The van der Waals surface area contributed by atoms with E-state index >= 15 is 0 Å². The fourth-order valence-electron chi connectivity index (χ4n) is 3.53. The summed E-state index contributed by atoms with van der Waals surface area (Å²) in [7, 11) is 0. The van der Waals surface area contributed by atoms with E-state index in [2.05, 4.69) is 12.2 Å². The SMILES string of the molecule is CC1CCCN(C(=O)c2cccc(C(=O)Nc3ccc4c(c3)OCO4)c2)C1. The molecule has 0 aromatic heterocycles. The number of rotatable bonds is 3. The molecule has 140 valence electrons. The predicted octanol–water partition coefficient (Wildman–Crippen LogP) is 3.54. The molecule has 1 unspecified atom stereocenters. The minimum Gasteiger partial charge on any atom is -0.454 e. The van der Waals surface area contributed by atoms with Crippen LogP contribution in [0.25, 0.3) is 0 Å². The highest BCUT2D eigenvalue weighted by molar-refractivity contribution is 6.06. The molecule has 27 heavy (non-hydrogen) atoms. The third-order valence-corrected chi connectivity index (χ3v) is 4.95. The zero-order valence-corrected chi connectivity index (χ0v) is 15.2. The second-order valence-corrected chi connectivity index (χ2v) is 7.10. The standard InChI is InChI=1S/C21H22N2O4/c1-14-4-3-9-23(12-14)21(25)16-6-2-5-15(10-16)20(24)22-17-7-8-18-19(11-17)27-13-26-18/h2,5-8,10-11,14H,3-4,9,12-13H2,1H3,(H,22,24). The highest BCUT2D eigenvalue weighted by atomic mass is 16.7. The van der Waals surface area contributed by atoms with Gasteiger partial charge in [-0.05, 0) is 49.1 Å². The molecule has 2 aromatic rings. The van der Waals surface area contributed by atoms with E-state index in [1.807, 2.05) is 4.90 Å². The fraction of sp³-hybridized carbons (Fsp3) is 0.333. The molecule has 2 aromatic carbocycles. The van der Waals surface area contributed by atoms with E-state index < -0.39 is 0 Å². The van der Waals surface area contributed by atoms with Crippen LogP contribution in [0.4, 0.5) is 5.69 Å². The second-order valence-electron chi connectivity index (χ2n) is 7.10. The smallest absolute Gasteiger partial charge is 0.255 e. The number of anilines is 1. The Morgan fingerprint density at radius 3 is 2.74 bits per heavy atom. The molecular formula is C21H22N2O4. The van der Waals surface area contributed by atoms with Gasteiger partial charge in [-0.2, -0.15) is 0 Å². The lowest BCUT2D eigenvalue weighted by molar-refractivity contribution is 0.0683. The van der Waals surface area contributed by atoms with Crippen molar-refractivity contribution in [1.29, 1.82) is 0 Å². The number of ether oxygens (including phenoxy) is 2. The average Bonchev–Trinajstić information content (AvgIpc) is 3.15. The zero-order valence-electron chi connectivity index (χ0n) is 15.2. The van der Waals surface area contributed by atoms with E-state index in [1.165, 1.54) is 0 Å². The van der Waals surface area contributed by atoms with Crippen LogP contribution in [0, 0.1) is 5.92 Å². The molecule has 0 aliphatic carbocycles. The molecule has 2 amide bonds. The maximum Gasteiger partial charge on any atom is 0.255 e. The van der Waals surface area contributed by atoms with Crippen molar-refractivity contribution >= 4 is 17.5 Å². The molecule has 0 radical (unpaired) electrons. The number of hydrogen-bond donors (Lipinski definition) is 1. The second kappa shape index (κ2) is 7.31. The van der Waals surface area contributed by atoms with Gasteiger partial charge in [-0.3, -0.25) is 9.59 Å². The molecule has 1 atom stereocenters. The largest absolute Gasteiger partial charge is 0.454 e. The highest BCUT2D eigenvalue weighted by Crippen LogP contribution is 2.34. The molecule has 1 fully saturated rings. The Labute approximate surface area is 158 Å². The summed E-state index contributed by atoms with van der Waals surface area (Å²) in [4.78, 5) is 27.3. The van der Waals surface area contributed by atoms with Crippen LogP contribution >= 0.6 is 0 Å². The van der Waals surface area contributed by atoms with E-state index in [4.69, 9.17) is 9.47 Å². The first kappa shape index (κ1) is 17.4. The molecule has 1 N–H and O–H groups in total. The normalized spacial score (nSPS) is 18.3. The minimum atomic E-state index is -0.268. The van der Waals surface area contributed by atoms with E-state index in [9.17, 15) is 9.59 Å². The van der Waals surface area contributed by atoms with Crippen LogP contribution in [0.2, 0.25) is 0 Å². The van der Waals surface area contributed by atoms with Gasteiger partial charge in [0.15, 0.2) is 11.5 Å². The average molecular weight is 366 g/mol. The summed E-state index contributed by atoms with van der Waals surface area (Å²) < 4.78 is 10.6. The summed E-state index contributed by atoms with van der Waals surface area (Å²) in [6, 6.07) is 12.1. The summed E-state index contributed by atoms with van der Waals surface area (Å²) in [5, 5.41) is 2.84. The molecule has 2 heterocycles. The van der Waals surface area contributed by atoms with Gasteiger partial charge >= 0.3 is 0 Å². The summed E-state index contributed by atoms with van der Waals surface area (Å²) in [5.74, 6) is 1.50. The first-order chi connectivity index (χ1) is 13.1. The molecular weight excluding hydrogens is 344 g/mol. The first-order valence-corrected chi connectivity index (χ1v) is 9.20. The van der Waals surface area contributed by atoms with Crippen molar-refractivity contribution in [3.05, 3.63) is 53.6 Å². The zero-order chi connectivity index (χ0) is 18.8. The number of carbonyl (C=O) groups excluding carboxylic acids is 2. The van der Waals surface area contributed by atoms with E-state index in [-0.39, 0.29) is 18.6 Å². The first-order valence-electron chi connectivity index (χ1n) is 9.20. The number of nitrogens with one attached hydrogen (secondary N) is 1. The number of likely N-dealkylation sites (tertiary alicyclic amines) is 1. The van der Waals surface area contributed by atoms with E-state index in [0.29, 0.717) is 34.2 Å². The summed E-state index contributed by atoms with van der Waals surface area (Å²) in [5.41, 5.74) is 1.61. The monoisotopic (exact) mass is 366 g/mol.